The highest BCUT2D eigenvalue weighted by atomic mass is 16.6. The lowest BCUT2D eigenvalue weighted by atomic mass is 10.00. The second kappa shape index (κ2) is 13.1. The van der Waals surface area contributed by atoms with Gasteiger partial charge in [0.05, 0.1) is 6.42 Å². The molecule has 0 bridgehead atoms. The lowest BCUT2D eigenvalue weighted by Gasteiger charge is -2.35. The van der Waals surface area contributed by atoms with Crippen molar-refractivity contribution in [2.24, 2.45) is 11.7 Å². The highest BCUT2D eigenvalue weighted by Crippen LogP contribution is 2.41. The van der Waals surface area contributed by atoms with Crippen LogP contribution in [0.2, 0.25) is 0 Å². The highest BCUT2D eigenvalue weighted by Gasteiger charge is 2.48. The minimum absolute atomic E-state index is 0.139. The summed E-state index contributed by atoms with van der Waals surface area (Å²) in [4.78, 5) is 53.4. The van der Waals surface area contributed by atoms with E-state index >= 15 is 0 Å². The summed E-state index contributed by atoms with van der Waals surface area (Å²) < 4.78 is 5.30. The Hall–Kier alpha value is -3.54. The third-order valence-electron chi connectivity index (χ3n) is 6.07. The first-order valence-corrected chi connectivity index (χ1v) is 12.8. The number of hydrogen-bond acceptors (Lipinski definition) is 5. The number of rotatable bonds is 12. The van der Waals surface area contributed by atoms with Gasteiger partial charge in [0.2, 0.25) is 17.7 Å². The Morgan fingerprint density at radius 2 is 1.81 bits per heavy atom. The molecule has 1 aliphatic carbocycles. The summed E-state index contributed by atoms with van der Waals surface area (Å²) in [6, 6.07) is 4.36. The lowest BCUT2D eigenvalue weighted by Crippen LogP contribution is -2.55. The SMILES string of the molecule is C#Cc1ccc(C(C(=O)NCCCCC)N(C(=O)C(CC(N)=O)NC(=O)OC(C)(C)C)C2CC2C)cc1. The minimum Gasteiger partial charge on any atom is -0.444 e. The van der Waals surface area contributed by atoms with Crippen LogP contribution in [0.5, 0.6) is 0 Å². The van der Waals surface area contributed by atoms with Crippen molar-refractivity contribution in [3.05, 3.63) is 35.4 Å². The van der Waals surface area contributed by atoms with Crippen molar-refractivity contribution in [1.82, 2.24) is 15.5 Å². The predicted molar refractivity (Wildman–Crippen MR) is 141 cm³/mol. The summed E-state index contributed by atoms with van der Waals surface area (Å²) in [6.45, 7) is 9.59. The quantitative estimate of drug-likeness (QED) is 0.293. The van der Waals surface area contributed by atoms with Gasteiger partial charge < -0.3 is 26.0 Å². The molecule has 1 saturated carbocycles. The smallest absolute Gasteiger partial charge is 0.408 e. The van der Waals surface area contributed by atoms with Gasteiger partial charge in [0.25, 0.3) is 0 Å². The first kappa shape index (κ1) is 29.7. The number of alkyl carbamates (subject to hydrolysis) is 1. The van der Waals surface area contributed by atoms with Gasteiger partial charge in [-0.3, -0.25) is 14.4 Å². The van der Waals surface area contributed by atoms with Crippen molar-refractivity contribution in [3.63, 3.8) is 0 Å². The first-order valence-electron chi connectivity index (χ1n) is 12.8. The number of terminal acetylenes is 1. The Kier molecular flexibility index (Phi) is 10.5. The topological polar surface area (TPSA) is 131 Å². The third-order valence-corrected chi connectivity index (χ3v) is 6.07. The standard InChI is InChI=1S/C28H40N4O5/c1-7-9-10-15-30-25(34)24(20-13-11-19(8-2)12-14-20)32(22-16-18(22)3)26(35)21(17-23(29)33)31-27(36)37-28(4,5)6/h2,11-14,18,21-22,24H,7,9-10,15-17H2,1,3-6H3,(H2,29,33)(H,30,34)(H,31,36). The Morgan fingerprint density at radius 1 is 1.19 bits per heavy atom. The Morgan fingerprint density at radius 3 is 2.30 bits per heavy atom. The molecule has 2 rings (SSSR count). The van der Waals surface area contributed by atoms with E-state index in [-0.39, 0.29) is 17.9 Å². The molecule has 9 nitrogen and oxygen atoms in total. The molecule has 0 aliphatic heterocycles. The number of benzene rings is 1. The third kappa shape index (κ3) is 9.12. The number of nitrogens with two attached hydrogens (primary N) is 1. The zero-order valence-corrected chi connectivity index (χ0v) is 22.5. The van der Waals surface area contributed by atoms with Crippen LogP contribution in [0.1, 0.15) is 83.9 Å². The monoisotopic (exact) mass is 512 g/mol. The lowest BCUT2D eigenvalue weighted by molar-refractivity contribution is -0.144. The number of primary amides is 1. The largest absolute Gasteiger partial charge is 0.444 e. The second-order valence-corrected chi connectivity index (χ2v) is 10.6. The van der Waals surface area contributed by atoms with E-state index in [9.17, 15) is 19.2 Å². The van der Waals surface area contributed by atoms with Gasteiger partial charge in [-0.05, 0) is 57.2 Å². The van der Waals surface area contributed by atoms with Crippen LogP contribution in [0, 0.1) is 18.3 Å². The highest BCUT2D eigenvalue weighted by molar-refractivity contribution is 5.95. The normalized spacial score (nSPS) is 18.1. The van der Waals surface area contributed by atoms with E-state index in [1.807, 2.05) is 6.92 Å². The van der Waals surface area contributed by atoms with Crippen molar-refractivity contribution >= 4 is 23.8 Å². The zero-order chi connectivity index (χ0) is 27.8. The van der Waals surface area contributed by atoms with E-state index < -0.39 is 42.0 Å². The molecule has 0 spiro atoms. The molecule has 202 valence electrons. The van der Waals surface area contributed by atoms with Crippen LogP contribution in [0.3, 0.4) is 0 Å². The molecular formula is C28H40N4O5. The van der Waals surface area contributed by atoms with Gasteiger partial charge in [0.15, 0.2) is 0 Å². The van der Waals surface area contributed by atoms with Crippen LogP contribution in [0.25, 0.3) is 0 Å². The summed E-state index contributed by atoms with van der Waals surface area (Å²) in [5.41, 5.74) is 5.83. The maximum absolute atomic E-state index is 14.0. The van der Waals surface area contributed by atoms with Gasteiger partial charge in [0, 0.05) is 18.2 Å². The molecule has 0 radical (unpaired) electrons. The van der Waals surface area contributed by atoms with Crippen LogP contribution in [-0.2, 0) is 19.1 Å². The fourth-order valence-corrected chi connectivity index (χ4v) is 4.09. The minimum atomic E-state index is -1.29. The van der Waals surface area contributed by atoms with E-state index in [2.05, 4.69) is 23.5 Å². The zero-order valence-electron chi connectivity index (χ0n) is 22.5. The maximum atomic E-state index is 14.0. The summed E-state index contributed by atoms with van der Waals surface area (Å²) in [7, 11) is 0. The number of amides is 4. The van der Waals surface area contributed by atoms with Gasteiger partial charge in [-0.15, -0.1) is 6.42 Å². The summed E-state index contributed by atoms with van der Waals surface area (Å²) >= 11 is 0. The van der Waals surface area contributed by atoms with Crippen LogP contribution in [-0.4, -0.2) is 52.9 Å². The van der Waals surface area contributed by atoms with E-state index in [0.717, 1.165) is 19.3 Å². The van der Waals surface area contributed by atoms with Gasteiger partial charge in [-0.2, -0.15) is 0 Å². The summed E-state index contributed by atoms with van der Waals surface area (Å²) in [5, 5.41) is 5.45. The number of unbranched alkanes of at least 4 members (excludes halogenated alkanes) is 2. The number of carbonyl (C=O) groups is 4. The van der Waals surface area contributed by atoms with Gasteiger partial charge in [-0.1, -0.05) is 44.7 Å². The van der Waals surface area contributed by atoms with Crippen molar-refractivity contribution in [2.45, 2.75) is 90.4 Å². The number of hydrogen-bond donors (Lipinski definition) is 3. The molecule has 0 heterocycles. The Labute approximate surface area is 219 Å². The summed E-state index contributed by atoms with van der Waals surface area (Å²) in [6.07, 6.45) is 7.67. The van der Waals surface area contributed by atoms with Crippen LogP contribution >= 0.6 is 0 Å². The molecule has 4 unspecified atom stereocenters. The molecule has 4 amide bonds. The fraction of sp³-hybridized carbons (Fsp3) is 0.571. The number of nitrogens with one attached hydrogen (secondary N) is 2. The molecule has 0 aromatic heterocycles. The van der Waals surface area contributed by atoms with E-state index in [0.29, 0.717) is 24.1 Å². The van der Waals surface area contributed by atoms with Crippen LogP contribution < -0.4 is 16.4 Å². The molecule has 4 atom stereocenters. The van der Waals surface area contributed by atoms with E-state index in [4.69, 9.17) is 16.9 Å². The van der Waals surface area contributed by atoms with Crippen molar-refractivity contribution in [1.29, 1.82) is 0 Å². The van der Waals surface area contributed by atoms with Crippen LogP contribution in [0.15, 0.2) is 24.3 Å². The average Bonchev–Trinajstić information content (AvgIpc) is 3.53. The molecule has 1 aliphatic rings. The molecule has 1 aromatic rings. The van der Waals surface area contributed by atoms with Gasteiger partial charge in [-0.25, -0.2) is 4.79 Å². The molecule has 37 heavy (non-hydrogen) atoms. The molecular weight excluding hydrogens is 472 g/mol. The fourth-order valence-electron chi connectivity index (χ4n) is 4.09. The Bertz CT molecular complexity index is 1010. The molecule has 9 heteroatoms. The predicted octanol–water partition coefficient (Wildman–Crippen LogP) is 3.02. The Balaban J connectivity index is 2.45. The second-order valence-electron chi connectivity index (χ2n) is 10.6. The van der Waals surface area contributed by atoms with E-state index in [1.165, 1.54) is 4.90 Å². The molecule has 0 saturated heterocycles. The molecule has 4 N–H and O–H groups in total. The number of nitrogens with zero attached hydrogens (tertiary/aromatic N) is 1. The number of carbonyl (C=O) groups excluding carboxylic acids is 4. The number of ether oxygens (including phenoxy) is 1. The maximum Gasteiger partial charge on any atom is 0.408 e. The summed E-state index contributed by atoms with van der Waals surface area (Å²) in [5.74, 6) is 1.01. The molecule has 1 aromatic carbocycles. The van der Waals surface area contributed by atoms with Crippen molar-refractivity contribution in [2.75, 3.05) is 6.54 Å². The van der Waals surface area contributed by atoms with Crippen molar-refractivity contribution in [3.8, 4) is 12.3 Å². The van der Waals surface area contributed by atoms with Gasteiger partial charge in [0.1, 0.15) is 17.7 Å². The van der Waals surface area contributed by atoms with Crippen molar-refractivity contribution < 1.29 is 23.9 Å². The molecule has 1 fully saturated rings. The van der Waals surface area contributed by atoms with Crippen LogP contribution in [0.4, 0.5) is 4.79 Å². The van der Waals surface area contributed by atoms with E-state index in [1.54, 1.807) is 45.0 Å². The average molecular weight is 513 g/mol. The van der Waals surface area contributed by atoms with Gasteiger partial charge >= 0.3 is 6.09 Å². The first-order chi connectivity index (χ1) is 17.4.